The summed E-state index contributed by atoms with van der Waals surface area (Å²) < 4.78 is 3.24. The number of hydrogen-bond donors (Lipinski definition) is 1. The number of anilines is 2. The second-order valence-electron chi connectivity index (χ2n) is 4.09. The molecule has 4 heteroatoms. The van der Waals surface area contributed by atoms with Gasteiger partial charge in [-0.25, -0.2) is 4.98 Å². The summed E-state index contributed by atoms with van der Waals surface area (Å²) in [5.41, 5.74) is 2.13. The zero-order valence-electron chi connectivity index (χ0n) is 10.1. The minimum atomic E-state index is 0.813. The molecule has 0 radical (unpaired) electrons. The first-order valence-corrected chi connectivity index (χ1v) is 7.02. The number of nitrogens with one attached hydrogen (secondary N) is 1. The average Bonchev–Trinajstić information content (AvgIpc) is 2.88. The Labute approximate surface area is 125 Å². The number of aromatic nitrogens is 2. The fraction of sp³-hybridized carbons (Fsp3) is 0. The minimum Gasteiger partial charge on any atom is -0.325 e. The van der Waals surface area contributed by atoms with E-state index in [0.29, 0.717) is 0 Å². The van der Waals surface area contributed by atoms with Crippen LogP contribution in [0.3, 0.4) is 0 Å². The predicted molar refractivity (Wildman–Crippen MR) is 86.0 cm³/mol. The van der Waals surface area contributed by atoms with Crippen molar-refractivity contribution in [3.63, 3.8) is 0 Å². The monoisotopic (exact) mass is 361 g/mol. The Hall–Kier alpha value is -1.82. The Balaban J connectivity index is 1.95. The Morgan fingerprint density at radius 2 is 1.84 bits per heavy atom. The number of imidazole rings is 1. The maximum atomic E-state index is 4.37. The fourth-order valence-corrected chi connectivity index (χ4v) is 2.41. The van der Waals surface area contributed by atoms with E-state index in [1.54, 1.807) is 6.20 Å². The van der Waals surface area contributed by atoms with Gasteiger partial charge in [0, 0.05) is 27.3 Å². The molecule has 0 atom stereocenters. The first kappa shape index (κ1) is 12.2. The third-order valence-electron chi connectivity index (χ3n) is 2.76. The average molecular weight is 361 g/mol. The molecule has 0 spiro atoms. The molecule has 0 bridgehead atoms. The van der Waals surface area contributed by atoms with E-state index in [0.717, 1.165) is 17.3 Å². The highest BCUT2D eigenvalue weighted by Gasteiger charge is 2.05. The van der Waals surface area contributed by atoms with E-state index >= 15 is 0 Å². The summed E-state index contributed by atoms with van der Waals surface area (Å²) in [4.78, 5) is 4.37. The summed E-state index contributed by atoms with van der Waals surface area (Å²) in [6, 6.07) is 18.4. The van der Waals surface area contributed by atoms with Crippen LogP contribution in [0.5, 0.6) is 0 Å². The van der Waals surface area contributed by atoms with E-state index in [9.17, 15) is 0 Å². The summed E-state index contributed by atoms with van der Waals surface area (Å²) in [5.74, 6) is 0.813. The maximum Gasteiger partial charge on any atom is 0.212 e. The van der Waals surface area contributed by atoms with Gasteiger partial charge in [-0.2, -0.15) is 0 Å². The van der Waals surface area contributed by atoms with Gasteiger partial charge in [0.1, 0.15) is 0 Å². The molecular formula is C15H12IN3. The van der Waals surface area contributed by atoms with Gasteiger partial charge in [0.25, 0.3) is 0 Å². The van der Waals surface area contributed by atoms with E-state index < -0.39 is 0 Å². The van der Waals surface area contributed by atoms with Crippen LogP contribution in [0.15, 0.2) is 67.0 Å². The van der Waals surface area contributed by atoms with Gasteiger partial charge in [0.05, 0.1) is 0 Å². The molecule has 0 aliphatic carbocycles. The lowest BCUT2D eigenvalue weighted by Gasteiger charge is -2.10. The topological polar surface area (TPSA) is 29.9 Å². The van der Waals surface area contributed by atoms with E-state index in [1.165, 1.54) is 3.57 Å². The van der Waals surface area contributed by atoms with Crippen molar-refractivity contribution in [2.45, 2.75) is 0 Å². The standard InChI is InChI=1S/C15H12IN3/c16-12-5-4-8-14(11-12)19-10-9-17-15(19)18-13-6-2-1-3-7-13/h1-11H,(H,17,18). The lowest BCUT2D eigenvalue weighted by Crippen LogP contribution is -2.01. The molecule has 1 aromatic heterocycles. The third-order valence-corrected chi connectivity index (χ3v) is 3.43. The van der Waals surface area contributed by atoms with Crippen LogP contribution in [0.4, 0.5) is 11.6 Å². The lowest BCUT2D eigenvalue weighted by molar-refractivity contribution is 1.06. The molecule has 94 valence electrons. The van der Waals surface area contributed by atoms with Crippen LogP contribution in [0.25, 0.3) is 5.69 Å². The van der Waals surface area contributed by atoms with E-state index in [-0.39, 0.29) is 0 Å². The quantitative estimate of drug-likeness (QED) is 0.708. The molecule has 0 amide bonds. The number of benzene rings is 2. The van der Waals surface area contributed by atoms with Crippen molar-refractivity contribution in [1.29, 1.82) is 0 Å². The zero-order chi connectivity index (χ0) is 13.1. The second-order valence-corrected chi connectivity index (χ2v) is 5.34. The molecule has 1 N–H and O–H groups in total. The van der Waals surface area contributed by atoms with Gasteiger partial charge < -0.3 is 5.32 Å². The number of hydrogen-bond acceptors (Lipinski definition) is 2. The van der Waals surface area contributed by atoms with Crippen molar-refractivity contribution in [1.82, 2.24) is 9.55 Å². The predicted octanol–water partition coefficient (Wildman–Crippen LogP) is 4.22. The normalized spacial score (nSPS) is 10.4. The van der Waals surface area contributed by atoms with Crippen LogP contribution < -0.4 is 5.32 Å². The van der Waals surface area contributed by atoms with Gasteiger partial charge in [-0.1, -0.05) is 24.3 Å². The highest BCUT2D eigenvalue weighted by Crippen LogP contribution is 2.20. The number of rotatable bonds is 3. The largest absolute Gasteiger partial charge is 0.325 e. The van der Waals surface area contributed by atoms with Gasteiger partial charge in [0.2, 0.25) is 5.95 Å². The van der Waals surface area contributed by atoms with Gasteiger partial charge in [0.15, 0.2) is 0 Å². The summed E-state index contributed by atoms with van der Waals surface area (Å²) in [6.45, 7) is 0. The number of para-hydroxylation sites is 1. The second kappa shape index (κ2) is 5.44. The molecule has 0 saturated heterocycles. The smallest absolute Gasteiger partial charge is 0.212 e. The molecule has 3 aromatic rings. The first-order chi connectivity index (χ1) is 9.33. The van der Waals surface area contributed by atoms with Gasteiger partial charge in [-0.05, 0) is 52.9 Å². The molecule has 19 heavy (non-hydrogen) atoms. The summed E-state index contributed by atoms with van der Waals surface area (Å²) >= 11 is 2.31. The molecule has 0 fully saturated rings. The van der Waals surface area contributed by atoms with Crippen LogP contribution in [-0.2, 0) is 0 Å². The van der Waals surface area contributed by atoms with Crippen molar-refractivity contribution in [2.75, 3.05) is 5.32 Å². The van der Waals surface area contributed by atoms with Crippen LogP contribution in [0, 0.1) is 3.57 Å². The SMILES string of the molecule is Ic1cccc(-n2ccnc2Nc2ccccc2)c1. The van der Waals surface area contributed by atoms with Crippen LogP contribution in [0.2, 0.25) is 0 Å². The van der Waals surface area contributed by atoms with Gasteiger partial charge >= 0.3 is 0 Å². The van der Waals surface area contributed by atoms with E-state index in [4.69, 9.17) is 0 Å². The van der Waals surface area contributed by atoms with Crippen molar-refractivity contribution in [3.8, 4) is 5.69 Å². The molecule has 3 rings (SSSR count). The Kier molecular flexibility index (Phi) is 3.50. The minimum absolute atomic E-state index is 0.813. The number of halogens is 1. The summed E-state index contributed by atoms with van der Waals surface area (Å²) in [5, 5.41) is 3.32. The molecule has 0 aliphatic rings. The van der Waals surface area contributed by atoms with Crippen molar-refractivity contribution < 1.29 is 0 Å². The number of nitrogens with zero attached hydrogens (tertiary/aromatic N) is 2. The van der Waals surface area contributed by atoms with Gasteiger partial charge in [-0.3, -0.25) is 4.57 Å². The van der Waals surface area contributed by atoms with Gasteiger partial charge in [-0.15, -0.1) is 0 Å². The fourth-order valence-electron chi connectivity index (χ4n) is 1.88. The molecule has 3 nitrogen and oxygen atoms in total. The Morgan fingerprint density at radius 3 is 2.63 bits per heavy atom. The molecule has 2 aromatic carbocycles. The van der Waals surface area contributed by atoms with Crippen molar-refractivity contribution in [2.24, 2.45) is 0 Å². The maximum absolute atomic E-state index is 4.37. The molecule has 0 unspecified atom stereocenters. The van der Waals surface area contributed by atoms with Crippen molar-refractivity contribution in [3.05, 3.63) is 70.6 Å². The first-order valence-electron chi connectivity index (χ1n) is 5.94. The van der Waals surface area contributed by atoms with Crippen LogP contribution in [-0.4, -0.2) is 9.55 Å². The highest BCUT2D eigenvalue weighted by atomic mass is 127. The Bertz CT molecular complexity index is 677. The summed E-state index contributed by atoms with van der Waals surface area (Å²) in [6.07, 6.45) is 3.75. The summed E-state index contributed by atoms with van der Waals surface area (Å²) in [7, 11) is 0. The van der Waals surface area contributed by atoms with Crippen molar-refractivity contribution >= 4 is 34.2 Å². The molecule has 0 saturated carbocycles. The van der Waals surface area contributed by atoms with Crippen LogP contribution >= 0.6 is 22.6 Å². The molecule has 1 heterocycles. The third kappa shape index (κ3) is 2.78. The van der Waals surface area contributed by atoms with Crippen LogP contribution in [0.1, 0.15) is 0 Å². The Morgan fingerprint density at radius 1 is 1.00 bits per heavy atom. The molecular weight excluding hydrogens is 349 g/mol. The zero-order valence-corrected chi connectivity index (χ0v) is 12.3. The lowest BCUT2D eigenvalue weighted by atomic mass is 10.3. The van der Waals surface area contributed by atoms with E-state index in [1.807, 2.05) is 47.2 Å². The highest BCUT2D eigenvalue weighted by molar-refractivity contribution is 14.1. The van der Waals surface area contributed by atoms with E-state index in [2.05, 4.69) is 51.1 Å². The molecule has 0 aliphatic heterocycles.